The Bertz CT molecular complexity index is 338. The van der Waals surface area contributed by atoms with Crippen LogP contribution in [0.5, 0.6) is 0 Å². The number of nitrogens with zero attached hydrogens (tertiary/aromatic N) is 1. The second-order valence-electron chi connectivity index (χ2n) is 4.74. The number of hydrogen-bond acceptors (Lipinski definition) is 2. The number of nitrogens with one attached hydrogen (secondary N) is 1. The molecule has 1 rings (SSSR count). The number of hydrogen-bond donors (Lipinski definition) is 1. The van der Waals surface area contributed by atoms with Crippen LogP contribution >= 0.6 is 0 Å². The monoisotopic (exact) mass is 202 g/mol. The maximum Gasteiger partial charge on any atom is 0.0991 e. The lowest BCUT2D eigenvalue weighted by atomic mass is 10.1. The van der Waals surface area contributed by atoms with Crippen LogP contribution in [0, 0.1) is 11.3 Å². The summed E-state index contributed by atoms with van der Waals surface area (Å²) in [5, 5.41) is 12.1. The minimum atomic E-state index is 0.173. The lowest BCUT2D eigenvalue weighted by Gasteiger charge is -2.20. The summed E-state index contributed by atoms with van der Waals surface area (Å²) in [6.07, 6.45) is 1.00. The van der Waals surface area contributed by atoms with Crippen molar-refractivity contribution in [3.63, 3.8) is 0 Å². The summed E-state index contributed by atoms with van der Waals surface area (Å²) in [7, 11) is 0. The highest BCUT2D eigenvalue weighted by Gasteiger charge is 2.07. The molecule has 0 saturated carbocycles. The summed E-state index contributed by atoms with van der Waals surface area (Å²) in [5.41, 5.74) is 2.17. The molecule has 0 unspecified atom stereocenters. The van der Waals surface area contributed by atoms with Gasteiger partial charge in [0.05, 0.1) is 11.6 Å². The van der Waals surface area contributed by atoms with Crippen molar-refractivity contribution in [1.29, 1.82) is 5.26 Å². The van der Waals surface area contributed by atoms with E-state index in [1.807, 2.05) is 24.3 Å². The zero-order chi connectivity index (χ0) is 11.3. The molecule has 0 aliphatic rings. The topological polar surface area (TPSA) is 35.8 Å². The predicted octanol–water partition coefficient (Wildman–Crippen LogP) is 2.49. The maximum absolute atomic E-state index is 8.65. The SMILES string of the molecule is CC(C)(C)NCCc1ccc(C#N)cc1. The van der Waals surface area contributed by atoms with Crippen LogP contribution in [-0.4, -0.2) is 12.1 Å². The zero-order valence-corrected chi connectivity index (χ0v) is 9.67. The summed E-state index contributed by atoms with van der Waals surface area (Å²) in [4.78, 5) is 0. The minimum absolute atomic E-state index is 0.173. The molecule has 0 saturated heterocycles. The summed E-state index contributed by atoms with van der Waals surface area (Å²) < 4.78 is 0. The predicted molar refractivity (Wildman–Crippen MR) is 62.6 cm³/mol. The molecule has 0 fully saturated rings. The van der Waals surface area contributed by atoms with E-state index in [4.69, 9.17) is 5.26 Å². The summed E-state index contributed by atoms with van der Waals surface area (Å²) in [6, 6.07) is 9.89. The van der Waals surface area contributed by atoms with Crippen molar-refractivity contribution in [2.24, 2.45) is 0 Å². The van der Waals surface area contributed by atoms with Gasteiger partial charge in [0.1, 0.15) is 0 Å². The Balaban J connectivity index is 2.42. The van der Waals surface area contributed by atoms with E-state index in [0.29, 0.717) is 0 Å². The van der Waals surface area contributed by atoms with E-state index in [-0.39, 0.29) is 5.54 Å². The number of benzene rings is 1. The molecule has 15 heavy (non-hydrogen) atoms. The Morgan fingerprint density at radius 3 is 2.27 bits per heavy atom. The Morgan fingerprint density at radius 1 is 1.20 bits per heavy atom. The maximum atomic E-state index is 8.65. The highest BCUT2D eigenvalue weighted by molar-refractivity contribution is 5.31. The summed E-state index contributed by atoms with van der Waals surface area (Å²) in [6.45, 7) is 7.44. The third-order valence-electron chi connectivity index (χ3n) is 2.15. The molecule has 0 atom stereocenters. The van der Waals surface area contributed by atoms with E-state index < -0.39 is 0 Å². The van der Waals surface area contributed by atoms with Gasteiger partial charge in [0, 0.05) is 5.54 Å². The van der Waals surface area contributed by atoms with E-state index >= 15 is 0 Å². The standard InChI is InChI=1S/C13H18N2/c1-13(2,3)15-9-8-11-4-6-12(10-14)7-5-11/h4-7,15H,8-9H2,1-3H3. The molecule has 0 aromatic heterocycles. The largest absolute Gasteiger partial charge is 0.312 e. The van der Waals surface area contributed by atoms with Gasteiger partial charge in [-0.2, -0.15) is 5.26 Å². The van der Waals surface area contributed by atoms with Crippen molar-refractivity contribution in [3.8, 4) is 6.07 Å². The van der Waals surface area contributed by atoms with Crippen LogP contribution in [0.4, 0.5) is 0 Å². The smallest absolute Gasteiger partial charge is 0.0991 e. The van der Waals surface area contributed by atoms with Crippen molar-refractivity contribution in [2.75, 3.05) is 6.54 Å². The molecule has 0 spiro atoms. The lowest BCUT2D eigenvalue weighted by molar-refractivity contribution is 0.429. The quantitative estimate of drug-likeness (QED) is 0.817. The van der Waals surface area contributed by atoms with Crippen LogP contribution in [0.15, 0.2) is 24.3 Å². The first kappa shape index (κ1) is 11.7. The minimum Gasteiger partial charge on any atom is -0.312 e. The fourth-order valence-corrected chi connectivity index (χ4v) is 1.33. The van der Waals surface area contributed by atoms with Gasteiger partial charge >= 0.3 is 0 Å². The van der Waals surface area contributed by atoms with Gasteiger partial charge in [-0.05, 0) is 51.4 Å². The van der Waals surface area contributed by atoms with Crippen LogP contribution < -0.4 is 5.32 Å². The Labute approximate surface area is 91.9 Å². The lowest BCUT2D eigenvalue weighted by Crippen LogP contribution is -2.37. The Kier molecular flexibility index (Phi) is 3.88. The van der Waals surface area contributed by atoms with Gasteiger partial charge in [0.15, 0.2) is 0 Å². The first-order chi connectivity index (χ1) is 7.01. The molecule has 80 valence electrons. The molecule has 1 aromatic rings. The van der Waals surface area contributed by atoms with Crippen LogP contribution in [0.1, 0.15) is 31.9 Å². The fraction of sp³-hybridized carbons (Fsp3) is 0.462. The van der Waals surface area contributed by atoms with Gasteiger partial charge in [-0.3, -0.25) is 0 Å². The fourth-order valence-electron chi connectivity index (χ4n) is 1.33. The zero-order valence-electron chi connectivity index (χ0n) is 9.67. The molecular formula is C13H18N2. The first-order valence-corrected chi connectivity index (χ1v) is 5.25. The van der Waals surface area contributed by atoms with Gasteiger partial charge < -0.3 is 5.32 Å². The molecule has 0 aliphatic heterocycles. The van der Waals surface area contributed by atoms with E-state index in [1.54, 1.807) is 0 Å². The molecular weight excluding hydrogens is 184 g/mol. The van der Waals surface area contributed by atoms with Crippen LogP contribution in [0.2, 0.25) is 0 Å². The van der Waals surface area contributed by atoms with Gasteiger partial charge in [0.2, 0.25) is 0 Å². The van der Waals surface area contributed by atoms with Gasteiger partial charge in [-0.15, -0.1) is 0 Å². The highest BCUT2D eigenvalue weighted by Crippen LogP contribution is 2.04. The van der Waals surface area contributed by atoms with Crippen molar-refractivity contribution in [2.45, 2.75) is 32.7 Å². The number of nitriles is 1. The molecule has 0 amide bonds. The van der Waals surface area contributed by atoms with Crippen molar-refractivity contribution < 1.29 is 0 Å². The molecule has 0 heterocycles. The average molecular weight is 202 g/mol. The van der Waals surface area contributed by atoms with Crippen molar-refractivity contribution >= 4 is 0 Å². The molecule has 0 aliphatic carbocycles. The van der Waals surface area contributed by atoms with Crippen molar-refractivity contribution in [1.82, 2.24) is 5.32 Å². The third-order valence-corrected chi connectivity index (χ3v) is 2.15. The molecule has 1 N–H and O–H groups in total. The molecule has 2 nitrogen and oxygen atoms in total. The van der Waals surface area contributed by atoms with Crippen molar-refractivity contribution in [3.05, 3.63) is 35.4 Å². The third kappa shape index (κ3) is 4.62. The van der Waals surface area contributed by atoms with Crippen LogP contribution in [0.25, 0.3) is 0 Å². The molecule has 1 aromatic carbocycles. The second-order valence-corrected chi connectivity index (χ2v) is 4.74. The molecule has 0 bridgehead atoms. The normalized spacial score (nSPS) is 11.1. The van der Waals surface area contributed by atoms with E-state index in [9.17, 15) is 0 Å². The average Bonchev–Trinajstić information content (AvgIpc) is 2.17. The van der Waals surface area contributed by atoms with E-state index in [1.165, 1.54) is 5.56 Å². The van der Waals surface area contributed by atoms with Gasteiger partial charge in [-0.25, -0.2) is 0 Å². The summed E-state index contributed by atoms with van der Waals surface area (Å²) in [5.74, 6) is 0. The van der Waals surface area contributed by atoms with Gasteiger partial charge in [0.25, 0.3) is 0 Å². The van der Waals surface area contributed by atoms with Crippen LogP contribution in [0.3, 0.4) is 0 Å². The summed E-state index contributed by atoms with van der Waals surface area (Å²) >= 11 is 0. The van der Waals surface area contributed by atoms with E-state index in [0.717, 1.165) is 18.5 Å². The Hall–Kier alpha value is -1.33. The Morgan fingerprint density at radius 2 is 1.80 bits per heavy atom. The molecule has 2 heteroatoms. The highest BCUT2D eigenvalue weighted by atomic mass is 14.9. The van der Waals surface area contributed by atoms with Gasteiger partial charge in [-0.1, -0.05) is 12.1 Å². The number of rotatable bonds is 3. The van der Waals surface area contributed by atoms with E-state index in [2.05, 4.69) is 32.2 Å². The van der Waals surface area contributed by atoms with Crippen LogP contribution in [-0.2, 0) is 6.42 Å². The molecule has 0 radical (unpaired) electrons. The second kappa shape index (κ2) is 4.95. The first-order valence-electron chi connectivity index (χ1n) is 5.25.